The lowest BCUT2D eigenvalue weighted by Crippen LogP contribution is -2.38. The second-order valence-corrected chi connectivity index (χ2v) is 11.2. The van der Waals surface area contributed by atoms with E-state index in [0.29, 0.717) is 5.41 Å². The Bertz CT molecular complexity index is 1320. The van der Waals surface area contributed by atoms with Crippen molar-refractivity contribution in [3.05, 3.63) is 48.3 Å². The Balaban J connectivity index is 1.35. The molecular formula is C28H36N6O. The van der Waals surface area contributed by atoms with E-state index in [9.17, 15) is 0 Å². The van der Waals surface area contributed by atoms with Crippen LogP contribution in [0.3, 0.4) is 0 Å². The molecule has 5 heterocycles. The average Bonchev–Trinajstić information content (AvgIpc) is 3.50. The van der Waals surface area contributed by atoms with E-state index in [4.69, 9.17) is 14.8 Å². The molecule has 0 unspecified atom stereocenters. The van der Waals surface area contributed by atoms with Crippen LogP contribution in [0.5, 0.6) is 0 Å². The maximum Gasteiger partial charge on any atom is 0.158 e. The average molecular weight is 473 g/mol. The quantitative estimate of drug-likeness (QED) is 0.454. The fraction of sp³-hybridized carbons (Fsp3) is 0.500. The van der Waals surface area contributed by atoms with E-state index in [1.165, 1.54) is 18.2 Å². The number of H-pyrrole nitrogens is 1. The summed E-state index contributed by atoms with van der Waals surface area (Å²) in [6, 6.07) is 12.9. The van der Waals surface area contributed by atoms with Crippen LogP contribution in [-0.2, 0) is 11.3 Å². The van der Waals surface area contributed by atoms with Gasteiger partial charge in [0.15, 0.2) is 5.65 Å². The first kappa shape index (κ1) is 22.6. The molecule has 0 radical (unpaired) electrons. The minimum absolute atomic E-state index is 0.394. The van der Waals surface area contributed by atoms with Gasteiger partial charge >= 0.3 is 0 Å². The first-order valence-electron chi connectivity index (χ1n) is 13.0. The van der Waals surface area contributed by atoms with Gasteiger partial charge in [0.05, 0.1) is 24.6 Å². The lowest BCUT2D eigenvalue weighted by atomic mass is 9.75. The highest BCUT2D eigenvalue weighted by Gasteiger charge is 2.29. The van der Waals surface area contributed by atoms with E-state index in [1.807, 2.05) is 10.7 Å². The first-order valence-corrected chi connectivity index (χ1v) is 13.0. The molecule has 0 spiro atoms. The number of nitrogens with one attached hydrogen (secondary N) is 1. The maximum absolute atomic E-state index is 5.64. The van der Waals surface area contributed by atoms with E-state index in [0.717, 1.165) is 85.8 Å². The molecule has 35 heavy (non-hydrogen) atoms. The second kappa shape index (κ2) is 8.95. The molecule has 1 N–H and O–H groups in total. The van der Waals surface area contributed by atoms with Crippen molar-refractivity contribution in [2.45, 2.75) is 40.2 Å². The lowest BCUT2D eigenvalue weighted by Gasteiger charge is -2.38. The van der Waals surface area contributed by atoms with Crippen LogP contribution in [0.15, 0.2) is 42.6 Å². The molecule has 7 nitrogen and oxygen atoms in total. The summed E-state index contributed by atoms with van der Waals surface area (Å²) < 4.78 is 7.68. The van der Waals surface area contributed by atoms with Crippen molar-refractivity contribution >= 4 is 22.4 Å². The van der Waals surface area contributed by atoms with E-state index in [1.54, 1.807) is 0 Å². The molecule has 0 amide bonds. The summed E-state index contributed by atoms with van der Waals surface area (Å²) in [5.41, 5.74) is 5.67. The number of piperidine rings is 1. The molecule has 184 valence electrons. The van der Waals surface area contributed by atoms with Crippen LogP contribution < -0.4 is 4.90 Å². The van der Waals surface area contributed by atoms with Crippen LogP contribution in [0.1, 0.15) is 39.3 Å². The van der Waals surface area contributed by atoms with Crippen LogP contribution in [0, 0.1) is 11.3 Å². The van der Waals surface area contributed by atoms with Crippen LogP contribution in [0.25, 0.3) is 27.8 Å². The van der Waals surface area contributed by atoms with Crippen molar-refractivity contribution in [3.63, 3.8) is 0 Å². The Morgan fingerprint density at radius 3 is 2.60 bits per heavy atom. The van der Waals surface area contributed by atoms with E-state index in [-0.39, 0.29) is 0 Å². The molecule has 6 rings (SSSR count). The zero-order chi connectivity index (χ0) is 24.0. The summed E-state index contributed by atoms with van der Waals surface area (Å²) in [5.74, 6) is 1.90. The highest BCUT2D eigenvalue weighted by Crippen LogP contribution is 2.35. The normalized spacial score (nSPS) is 18.7. The molecule has 2 fully saturated rings. The molecule has 2 aliphatic rings. The molecule has 2 saturated heterocycles. The number of hydrogen-bond acceptors (Lipinski definition) is 5. The maximum atomic E-state index is 5.64. The number of ether oxygens (including phenoxy) is 1. The highest BCUT2D eigenvalue weighted by molar-refractivity contribution is 5.94. The minimum Gasteiger partial charge on any atom is -0.378 e. The number of hydrogen-bond donors (Lipinski definition) is 1. The standard InChI is InChI=1S/C28H36N6O/c1-28(2,3)20-8-11-32(12-9-20)19-21-17-26-30-25(22-5-4-6-24-23(22)7-10-29-24)18-27(34(26)31-21)33-13-15-35-16-14-33/h4-7,10,17-18,20,29H,8-9,11-16,19H2,1-3H3. The Kier molecular flexibility index (Phi) is 5.77. The number of morpholine rings is 1. The molecule has 0 atom stereocenters. The molecule has 0 bridgehead atoms. The Morgan fingerprint density at radius 2 is 1.83 bits per heavy atom. The summed E-state index contributed by atoms with van der Waals surface area (Å²) >= 11 is 0. The van der Waals surface area contributed by atoms with Crippen LogP contribution in [0.2, 0.25) is 0 Å². The van der Waals surface area contributed by atoms with Crippen molar-refractivity contribution in [2.24, 2.45) is 11.3 Å². The summed E-state index contributed by atoms with van der Waals surface area (Å²) in [7, 11) is 0. The summed E-state index contributed by atoms with van der Waals surface area (Å²) in [4.78, 5) is 13.4. The third kappa shape index (κ3) is 4.43. The van der Waals surface area contributed by atoms with Crippen molar-refractivity contribution in [2.75, 3.05) is 44.3 Å². The zero-order valence-corrected chi connectivity index (χ0v) is 21.1. The van der Waals surface area contributed by atoms with Gasteiger partial charge in [0.2, 0.25) is 0 Å². The Hall–Kier alpha value is -2.90. The monoisotopic (exact) mass is 472 g/mol. The van der Waals surface area contributed by atoms with E-state index < -0.39 is 0 Å². The van der Waals surface area contributed by atoms with Gasteiger partial charge in [0.1, 0.15) is 5.82 Å². The van der Waals surface area contributed by atoms with Gasteiger partial charge in [-0.05, 0) is 49.4 Å². The second-order valence-electron chi connectivity index (χ2n) is 11.2. The van der Waals surface area contributed by atoms with Gasteiger partial charge in [0.25, 0.3) is 0 Å². The largest absolute Gasteiger partial charge is 0.378 e. The van der Waals surface area contributed by atoms with Gasteiger partial charge in [-0.2, -0.15) is 9.61 Å². The van der Waals surface area contributed by atoms with Gasteiger partial charge in [-0.25, -0.2) is 4.98 Å². The third-order valence-electron chi connectivity index (χ3n) is 7.86. The first-order chi connectivity index (χ1) is 17.0. The number of anilines is 1. The highest BCUT2D eigenvalue weighted by atomic mass is 16.5. The lowest BCUT2D eigenvalue weighted by molar-refractivity contribution is 0.107. The van der Waals surface area contributed by atoms with Crippen molar-refractivity contribution in [1.82, 2.24) is 24.5 Å². The summed E-state index contributed by atoms with van der Waals surface area (Å²) in [6.45, 7) is 13.5. The molecule has 0 aliphatic carbocycles. The predicted molar refractivity (Wildman–Crippen MR) is 141 cm³/mol. The molecule has 3 aromatic heterocycles. The van der Waals surface area contributed by atoms with Crippen molar-refractivity contribution in [1.29, 1.82) is 0 Å². The fourth-order valence-corrected chi connectivity index (χ4v) is 5.73. The number of rotatable bonds is 4. The number of nitrogens with zero attached hydrogens (tertiary/aromatic N) is 5. The molecular weight excluding hydrogens is 436 g/mol. The van der Waals surface area contributed by atoms with Gasteiger partial charge in [0, 0.05) is 54.4 Å². The number of aromatic nitrogens is 4. The van der Waals surface area contributed by atoms with Gasteiger partial charge < -0.3 is 14.6 Å². The topological polar surface area (TPSA) is 61.7 Å². The molecule has 1 aromatic carbocycles. The van der Waals surface area contributed by atoms with Gasteiger partial charge in [-0.15, -0.1) is 0 Å². The third-order valence-corrected chi connectivity index (χ3v) is 7.86. The van der Waals surface area contributed by atoms with Crippen LogP contribution in [-0.4, -0.2) is 63.9 Å². The number of likely N-dealkylation sites (tertiary alicyclic amines) is 1. The SMILES string of the molecule is CC(C)(C)C1CCN(Cc2cc3nc(-c4cccc5[nH]ccc45)cc(N4CCOCC4)n3n2)CC1. The molecule has 4 aromatic rings. The number of fused-ring (bicyclic) bond motifs is 2. The Morgan fingerprint density at radius 1 is 1.03 bits per heavy atom. The molecule has 7 heteroatoms. The van der Waals surface area contributed by atoms with Crippen LogP contribution in [0.4, 0.5) is 5.82 Å². The fourth-order valence-electron chi connectivity index (χ4n) is 5.73. The summed E-state index contributed by atoms with van der Waals surface area (Å²) in [5, 5.41) is 6.25. The minimum atomic E-state index is 0.394. The van der Waals surface area contributed by atoms with E-state index >= 15 is 0 Å². The molecule has 2 aliphatic heterocycles. The van der Waals surface area contributed by atoms with Gasteiger partial charge in [-0.3, -0.25) is 4.90 Å². The number of aromatic amines is 1. The zero-order valence-electron chi connectivity index (χ0n) is 21.1. The smallest absolute Gasteiger partial charge is 0.158 e. The number of benzene rings is 1. The summed E-state index contributed by atoms with van der Waals surface area (Å²) in [6.07, 6.45) is 4.52. The molecule has 0 saturated carbocycles. The van der Waals surface area contributed by atoms with Crippen molar-refractivity contribution in [3.8, 4) is 11.3 Å². The van der Waals surface area contributed by atoms with Gasteiger partial charge in [-0.1, -0.05) is 32.9 Å². The Labute approximate surface area is 207 Å². The predicted octanol–water partition coefficient (Wildman–Crippen LogP) is 4.97. The van der Waals surface area contributed by atoms with Crippen LogP contribution >= 0.6 is 0 Å². The van der Waals surface area contributed by atoms with Crippen molar-refractivity contribution < 1.29 is 4.74 Å². The van der Waals surface area contributed by atoms with E-state index in [2.05, 4.69) is 72.0 Å².